The zero-order valence-electron chi connectivity index (χ0n) is 27.7. The topological polar surface area (TPSA) is 9.86 Å². The molecule has 0 saturated heterocycles. The number of hydrogen-bond acceptors (Lipinski definition) is 1. The molecule has 49 heavy (non-hydrogen) atoms. The van der Waals surface area contributed by atoms with Gasteiger partial charge in [-0.05, 0) is 82.8 Å². The summed E-state index contributed by atoms with van der Waals surface area (Å²) in [6.07, 6.45) is 0. The Morgan fingerprint density at radius 1 is 0.388 bits per heavy atom. The number of nitrogens with zero attached hydrogens (tertiary/aromatic N) is 2. The highest BCUT2D eigenvalue weighted by molar-refractivity contribution is 7.25. The van der Waals surface area contributed by atoms with Gasteiger partial charge in [0.2, 0.25) is 0 Å². The maximum atomic E-state index is 2.46. The lowest BCUT2D eigenvalue weighted by molar-refractivity contribution is 0.590. The van der Waals surface area contributed by atoms with Crippen LogP contribution in [0.4, 0.5) is 0 Å². The summed E-state index contributed by atoms with van der Waals surface area (Å²) in [6.45, 7) is 6.80. The van der Waals surface area contributed by atoms with Crippen LogP contribution in [0, 0.1) is 0 Å². The van der Waals surface area contributed by atoms with Crippen LogP contribution in [-0.4, -0.2) is 9.13 Å². The predicted molar refractivity (Wildman–Crippen MR) is 212 cm³/mol. The zero-order chi connectivity index (χ0) is 32.9. The monoisotopic (exact) mass is 646 g/mol. The molecule has 2 nitrogen and oxygen atoms in total. The first-order valence-electron chi connectivity index (χ1n) is 17.0. The molecule has 0 radical (unpaired) electrons. The summed E-state index contributed by atoms with van der Waals surface area (Å²) in [7, 11) is 0. The second kappa shape index (κ2) is 10.4. The van der Waals surface area contributed by atoms with Crippen molar-refractivity contribution in [3.63, 3.8) is 0 Å². The van der Waals surface area contributed by atoms with E-state index in [4.69, 9.17) is 0 Å². The van der Waals surface area contributed by atoms with Crippen LogP contribution < -0.4 is 0 Å². The van der Waals surface area contributed by atoms with Gasteiger partial charge in [-0.15, -0.1) is 11.3 Å². The highest BCUT2D eigenvalue weighted by atomic mass is 32.1. The van der Waals surface area contributed by atoms with Crippen LogP contribution in [0.3, 0.4) is 0 Å². The van der Waals surface area contributed by atoms with Crippen molar-refractivity contribution in [3.05, 3.63) is 157 Å². The number of thiophene rings is 1. The van der Waals surface area contributed by atoms with Gasteiger partial charge < -0.3 is 9.13 Å². The van der Waals surface area contributed by atoms with Gasteiger partial charge in [0.1, 0.15) is 0 Å². The van der Waals surface area contributed by atoms with E-state index in [9.17, 15) is 0 Å². The number of fused-ring (bicyclic) bond motifs is 9. The van der Waals surface area contributed by atoms with E-state index >= 15 is 0 Å². The van der Waals surface area contributed by atoms with E-state index in [0.717, 1.165) is 0 Å². The maximum absolute atomic E-state index is 2.46. The van der Waals surface area contributed by atoms with Crippen LogP contribution in [0.2, 0.25) is 0 Å². The Hall–Kier alpha value is -5.64. The van der Waals surface area contributed by atoms with Gasteiger partial charge in [0.15, 0.2) is 0 Å². The van der Waals surface area contributed by atoms with Gasteiger partial charge in [0.05, 0.1) is 22.1 Å². The third-order valence-corrected chi connectivity index (χ3v) is 11.4. The van der Waals surface area contributed by atoms with Crippen LogP contribution in [0.1, 0.15) is 26.3 Å². The summed E-state index contributed by atoms with van der Waals surface area (Å²) in [5.41, 5.74) is 11.2. The van der Waals surface area contributed by atoms with Gasteiger partial charge in [-0.25, -0.2) is 0 Å². The fraction of sp³-hybridized carbons (Fsp3) is 0.0870. The van der Waals surface area contributed by atoms with Crippen LogP contribution in [0.25, 0.3) is 86.3 Å². The lowest BCUT2D eigenvalue weighted by Gasteiger charge is -2.19. The molecule has 3 heteroatoms. The molecule has 0 atom stereocenters. The Kier molecular flexibility index (Phi) is 6.04. The van der Waals surface area contributed by atoms with E-state index < -0.39 is 0 Å². The first kappa shape index (κ1) is 28.4. The summed E-state index contributed by atoms with van der Waals surface area (Å²) < 4.78 is 7.56. The first-order valence-corrected chi connectivity index (χ1v) is 17.8. The Morgan fingerprint density at radius 2 is 1.00 bits per heavy atom. The van der Waals surface area contributed by atoms with Gasteiger partial charge in [-0.3, -0.25) is 0 Å². The van der Waals surface area contributed by atoms with Crippen molar-refractivity contribution in [2.45, 2.75) is 26.2 Å². The van der Waals surface area contributed by atoms with Gasteiger partial charge >= 0.3 is 0 Å². The van der Waals surface area contributed by atoms with E-state index in [1.807, 2.05) is 11.3 Å². The molecule has 10 aromatic rings. The molecule has 3 heterocycles. The number of benzene rings is 7. The summed E-state index contributed by atoms with van der Waals surface area (Å²) in [6, 6.07) is 56.3. The summed E-state index contributed by atoms with van der Waals surface area (Å²) in [5.74, 6) is 0. The second-order valence-electron chi connectivity index (χ2n) is 14.2. The van der Waals surface area contributed by atoms with Crippen molar-refractivity contribution in [1.82, 2.24) is 9.13 Å². The number of rotatable bonds is 3. The first-order chi connectivity index (χ1) is 23.9. The molecule has 0 fully saturated rings. The van der Waals surface area contributed by atoms with Crippen LogP contribution >= 0.6 is 11.3 Å². The lowest BCUT2D eigenvalue weighted by atomic mass is 9.86. The van der Waals surface area contributed by atoms with Crippen molar-refractivity contribution in [1.29, 1.82) is 0 Å². The molecular weight excluding hydrogens is 613 g/mol. The predicted octanol–water partition coefficient (Wildman–Crippen LogP) is 13.2. The highest BCUT2D eigenvalue weighted by Crippen LogP contribution is 2.42. The van der Waals surface area contributed by atoms with Crippen molar-refractivity contribution >= 4 is 75.1 Å². The van der Waals surface area contributed by atoms with Gasteiger partial charge in [0.25, 0.3) is 0 Å². The Bertz CT molecular complexity index is 2910. The molecule has 0 saturated carbocycles. The Morgan fingerprint density at radius 3 is 1.73 bits per heavy atom. The Labute approximate surface area is 289 Å². The van der Waals surface area contributed by atoms with Gasteiger partial charge in [-0.1, -0.05) is 112 Å². The number of hydrogen-bond donors (Lipinski definition) is 0. The molecule has 234 valence electrons. The molecule has 0 spiro atoms. The van der Waals surface area contributed by atoms with E-state index in [1.165, 1.54) is 91.8 Å². The van der Waals surface area contributed by atoms with Crippen molar-refractivity contribution in [2.24, 2.45) is 0 Å². The quantitative estimate of drug-likeness (QED) is 0.181. The largest absolute Gasteiger partial charge is 0.309 e. The normalized spacial score (nSPS) is 12.4. The van der Waals surface area contributed by atoms with E-state index in [2.05, 4.69) is 182 Å². The van der Waals surface area contributed by atoms with Gasteiger partial charge in [-0.2, -0.15) is 0 Å². The summed E-state index contributed by atoms with van der Waals surface area (Å²) in [4.78, 5) is 0. The minimum Gasteiger partial charge on any atom is -0.309 e. The Balaban J connectivity index is 1.18. The fourth-order valence-corrected chi connectivity index (χ4v) is 8.96. The van der Waals surface area contributed by atoms with Crippen LogP contribution in [0.5, 0.6) is 0 Å². The van der Waals surface area contributed by atoms with E-state index in [-0.39, 0.29) is 5.41 Å². The smallest absolute Gasteiger partial charge is 0.0548 e. The molecule has 0 N–H and O–H groups in total. The molecule has 0 amide bonds. The highest BCUT2D eigenvalue weighted by Gasteiger charge is 2.19. The average Bonchev–Trinajstić information content (AvgIpc) is 3.77. The van der Waals surface area contributed by atoms with Crippen molar-refractivity contribution in [3.8, 4) is 22.5 Å². The molecule has 0 aliphatic heterocycles. The molecular formula is C46H34N2S. The minimum absolute atomic E-state index is 0.131. The maximum Gasteiger partial charge on any atom is 0.0548 e. The number of aromatic nitrogens is 2. The average molecular weight is 647 g/mol. The molecule has 0 aliphatic rings. The molecule has 3 aromatic heterocycles. The van der Waals surface area contributed by atoms with Crippen LogP contribution in [-0.2, 0) is 5.41 Å². The molecule has 10 rings (SSSR count). The van der Waals surface area contributed by atoms with Crippen LogP contribution in [0.15, 0.2) is 152 Å². The van der Waals surface area contributed by atoms with E-state index in [0.29, 0.717) is 0 Å². The second-order valence-corrected chi connectivity index (χ2v) is 15.3. The molecule has 0 unspecified atom stereocenters. The third-order valence-electron chi connectivity index (χ3n) is 10.3. The molecule has 7 aromatic carbocycles. The van der Waals surface area contributed by atoms with Crippen molar-refractivity contribution < 1.29 is 0 Å². The summed E-state index contributed by atoms with van der Waals surface area (Å²) in [5, 5.41) is 7.73. The molecule has 0 bridgehead atoms. The number of para-hydroxylation sites is 2. The minimum atomic E-state index is 0.131. The van der Waals surface area contributed by atoms with E-state index in [1.54, 1.807) is 0 Å². The fourth-order valence-electron chi connectivity index (χ4n) is 7.83. The van der Waals surface area contributed by atoms with Crippen molar-refractivity contribution in [2.75, 3.05) is 0 Å². The standard InChI is InChI=1S/C46H34N2S/c1-46(2,3)31-21-19-29(20-22-31)30-11-10-12-32(25-30)47-40-16-7-4-13-34(40)37-26-33(23-24-42(37)47)48-41-17-8-5-14-35(41)38-28-45-39(27-43(38)48)36-15-6-9-18-44(36)49-45/h4-28H,1-3H3. The lowest BCUT2D eigenvalue weighted by Crippen LogP contribution is -2.10. The molecule has 0 aliphatic carbocycles. The SMILES string of the molecule is CC(C)(C)c1ccc(-c2cccc(-n3c4ccccc4c4cc(-n5c6ccccc6c6cc7sc8ccccc8c7cc65)ccc43)c2)cc1. The summed E-state index contributed by atoms with van der Waals surface area (Å²) >= 11 is 1.88. The third kappa shape index (κ3) is 4.32. The zero-order valence-corrected chi connectivity index (χ0v) is 28.6. The van der Waals surface area contributed by atoms with Gasteiger partial charge in [0, 0.05) is 53.1 Å².